The predicted octanol–water partition coefficient (Wildman–Crippen LogP) is 5.66. The fraction of sp³-hybridized carbons (Fsp3) is 0.273. The molecule has 4 nitrogen and oxygen atoms in total. The van der Waals surface area contributed by atoms with E-state index in [0.717, 1.165) is 17.7 Å². The van der Waals surface area contributed by atoms with Crippen molar-refractivity contribution < 1.29 is 9.53 Å². The Labute approximate surface area is 164 Å². The maximum atomic E-state index is 12.6. The Balaban J connectivity index is 1.72. The van der Waals surface area contributed by atoms with E-state index < -0.39 is 0 Å². The molecule has 0 radical (unpaired) electrons. The van der Waals surface area contributed by atoms with Crippen LogP contribution in [0.5, 0.6) is 5.75 Å². The van der Waals surface area contributed by atoms with Gasteiger partial charge < -0.3 is 4.74 Å². The summed E-state index contributed by atoms with van der Waals surface area (Å²) in [6, 6.07) is 15.7. The number of anilines is 1. The molecule has 1 heterocycles. The summed E-state index contributed by atoms with van der Waals surface area (Å²) in [7, 11) is 0. The molecule has 0 atom stereocenters. The number of carbonyl (C=O) groups excluding carboxylic acids is 1. The summed E-state index contributed by atoms with van der Waals surface area (Å²) in [6.07, 6.45) is 1.07. The number of carbonyl (C=O) groups is 1. The third kappa shape index (κ3) is 4.95. The summed E-state index contributed by atoms with van der Waals surface area (Å²) in [5.41, 5.74) is 3.75. The van der Waals surface area contributed by atoms with Crippen LogP contribution in [0, 0.1) is 5.92 Å². The van der Waals surface area contributed by atoms with Crippen molar-refractivity contribution in [3.05, 3.63) is 65.0 Å². The van der Waals surface area contributed by atoms with E-state index in [4.69, 9.17) is 4.74 Å². The van der Waals surface area contributed by atoms with Crippen molar-refractivity contribution in [2.75, 3.05) is 11.9 Å². The lowest BCUT2D eigenvalue weighted by molar-refractivity contribution is 0.102. The zero-order chi connectivity index (χ0) is 19.2. The molecule has 140 valence electrons. The number of aromatic nitrogens is 1. The molecule has 3 aromatic rings. The van der Waals surface area contributed by atoms with Crippen LogP contribution in [0.3, 0.4) is 0 Å². The van der Waals surface area contributed by atoms with Gasteiger partial charge in [0, 0.05) is 10.9 Å². The van der Waals surface area contributed by atoms with Crippen LogP contribution in [0.4, 0.5) is 5.13 Å². The number of nitrogens with one attached hydrogen (secondary N) is 1. The van der Waals surface area contributed by atoms with Gasteiger partial charge in [-0.1, -0.05) is 50.2 Å². The quantitative estimate of drug-likeness (QED) is 0.575. The monoisotopic (exact) mass is 380 g/mol. The minimum absolute atomic E-state index is 0.216. The van der Waals surface area contributed by atoms with E-state index in [1.54, 1.807) is 12.1 Å². The second-order valence-corrected chi connectivity index (χ2v) is 7.57. The maximum Gasteiger partial charge on any atom is 0.261 e. The number of ether oxygens (including phenoxy) is 1. The van der Waals surface area contributed by atoms with Crippen LogP contribution >= 0.6 is 11.3 Å². The molecule has 0 saturated carbocycles. The lowest BCUT2D eigenvalue weighted by atomic mass is 10.0. The summed E-state index contributed by atoms with van der Waals surface area (Å²) in [4.78, 5) is 17.1. The summed E-state index contributed by atoms with van der Waals surface area (Å²) < 4.78 is 5.53. The van der Waals surface area contributed by atoms with Crippen LogP contribution in [0.25, 0.3) is 11.3 Å². The Hall–Kier alpha value is -2.66. The zero-order valence-corrected chi connectivity index (χ0v) is 16.7. The van der Waals surface area contributed by atoms with Crippen LogP contribution in [-0.2, 0) is 6.42 Å². The first-order chi connectivity index (χ1) is 13.1. The molecule has 0 aliphatic heterocycles. The predicted molar refractivity (Wildman–Crippen MR) is 112 cm³/mol. The Morgan fingerprint density at radius 1 is 1.15 bits per heavy atom. The highest BCUT2D eigenvalue weighted by Crippen LogP contribution is 2.27. The molecule has 0 fully saturated rings. The molecule has 0 saturated heterocycles. The van der Waals surface area contributed by atoms with Crippen LogP contribution in [-0.4, -0.2) is 17.5 Å². The molecular formula is C22H24N2O2S. The molecule has 2 aromatic carbocycles. The Bertz CT molecular complexity index is 901. The summed E-state index contributed by atoms with van der Waals surface area (Å²) in [6.45, 7) is 6.84. The van der Waals surface area contributed by atoms with Crippen molar-refractivity contribution in [2.45, 2.75) is 27.2 Å². The van der Waals surface area contributed by atoms with Gasteiger partial charge in [0.2, 0.25) is 0 Å². The van der Waals surface area contributed by atoms with Crippen molar-refractivity contribution in [3.63, 3.8) is 0 Å². The molecule has 0 unspecified atom stereocenters. The Kier molecular flexibility index (Phi) is 6.24. The van der Waals surface area contributed by atoms with Crippen LogP contribution in [0.15, 0.2) is 53.9 Å². The van der Waals surface area contributed by atoms with E-state index >= 15 is 0 Å². The van der Waals surface area contributed by atoms with E-state index in [9.17, 15) is 4.79 Å². The first-order valence-electron chi connectivity index (χ1n) is 9.14. The molecule has 1 aromatic heterocycles. The van der Waals surface area contributed by atoms with Gasteiger partial charge >= 0.3 is 0 Å². The largest absolute Gasteiger partial charge is 0.493 e. The third-order valence-electron chi connectivity index (χ3n) is 4.05. The molecule has 0 aliphatic rings. The van der Waals surface area contributed by atoms with Gasteiger partial charge in [-0.2, -0.15) is 0 Å². The molecule has 1 amide bonds. The molecule has 3 rings (SSSR count). The normalized spacial score (nSPS) is 10.8. The molecule has 27 heavy (non-hydrogen) atoms. The maximum absolute atomic E-state index is 12.6. The van der Waals surface area contributed by atoms with E-state index in [-0.39, 0.29) is 5.91 Å². The van der Waals surface area contributed by atoms with Gasteiger partial charge in [0.05, 0.1) is 17.9 Å². The molecule has 0 aliphatic carbocycles. The third-order valence-corrected chi connectivity index (χ3v) is 4.81. The lowest BCUT2D eigenvalue weighted by Gasteiger charge is -2.09. The number of hydrogen-bond acceptors (Lipinski definition) is 4. The van der Waals surface area contributed by atoms with Crippen molar-refractivity contribution >= 4 is 22.4 Å². The number of hydrogen-bond donors (Lipinski definition) is 1. The average Bonchev–Trinajstić information content (AvgIpc) is 3.11. The summed E-state index contributed by atoms with van der Waals surface area (Å²) in [5, 5.41) is 5.41. The zero-order valence-electron chi connectivity index (χ0n) is 15.9. The van der Waals surface area contributed by atoms with E-state index in [0.29, 0.717) is 29.0 Å². The molecule has 0 bridgehead atoms. The number of rotatable bonds is 7. The lowest BCUT2D eigenvalue weighted by Crippen LogP contribution is -2.13. The van der Waals surface area contributed by atoms with Crippen LogP contribution < -0.4 is 10.1 Å². The van der Waals surface area contributed by atoms with Crippen LogP contribution in [0.1, 0.15) is 36.7 Å². The van der Waals surface area contributed by atoms with E-state index in [2.05, 4.69) is 48.4 Å². The van der Waals surface area contributed by atoms with Gasteiger partial charge in [0.1, 0.15) is 5.75 Å². The molecule has 5 heteroatoms. The Morgan fingerprint density at radius 3 is 2.59 bits per heavy atom. The standard InChI is InChI=1S/C22H24N2O2S/c1-4-26-20-8-6-5-7-18(20)21(25)24-22-23-19(14-27-22)17-11-9-16(10-12-17)13-15(2)3/h5-12,14-15H,4,13H2,1-3H3,(H,23,24,25). The number of benzene rings is 2. The average molecular weight is 381 g/mol. The Morgan fingerprint density at radius 2 is 1.89 bits per heavy atom. The first-order valence-corrected chi connectivity index (χ1v) is 10.0. The van der Waals surface area contributed by atoms with Crippen molar-refractivity contribution in [1.29, 1.82) is 0 Å². The smallest absolute Gasteiger partial charge is 0.261 e. The van der Waals surface area contributed by atoms with Gasteiger partial charge in [0.25, 0.3) is 5.91 Å². The van der Waals surface area contributed by atoms with Crippen molar-refractivity contribution in [1.82, 2.24) is 4.98 Å². The highest BCUT2D eigenvalue weighted by atomic mass is 32.1. The highest BCUT2D eigenvalue weighted by molar-refractivity contribution is 7.14. The SMILES string of the molecule is CCOc1ccccc1C(=O)Nc1nc(-c2ccc(CC(C)C)cc2)cs1. The number of thiazole rings is 1. The second kappa shape index (κ2) is 8.82. The van der Waals surface area contributed by atoms with Gasteiger partial charge in [-0.15, -0.1) is 11.3 Å². The molecule has 0 spiro atoms. The van der Waals surface area contributed by atoms with Crippen molar-refractivity contribution in [3.8, 4) is 17.0 Å². The van der Waals surface area contributed by atoms with E-state index in [1.165, 1.54) is 16.9 Å². The number of nitrogens with zero attached hydrogens (tertiary/aromatic N) is 1. The molecule has 1 N–H and O–H groups in total. The van der Waals surface area contributed by atoms with Crippen LogP contribution in [0.2, 0.25) is 0 Å². The van der Waals surface area contributed by atoms with E-state index in [1.807, 2.05) is 24.4 Å². The number of para-hydroxylation sites is 1. The summed E-state index contributed by atoms with van der Waals surface area (Å²) >= 11 is 1.42. The van der Waals surface area contributed by atoms with Gasteiger partial charge in [0.15, 0.2) is 5.13 Å². The minimum atomic E-state index is -0.216. The second-order valence-electron chi connectivity index (χ2n) is 6.72. The van der Waals surface area contributed by atoms with Gasteiger partial charge in [-0.25, -0.2) is 4.98 Å². The fourth-order valence-corrected chi connectivity index (χ4v) is 3.56. The number of amides is 1. The molecular weight excluding hydrogens is 356 g/mol. The van der Waals surface area contributed by atoms with Crippen molar-refractivity contribution in [2.24, 2.45) is 5.92 Å². The minimum Gasteiger partial charge on any atom is -0.493 e. The highest BCUT2D eigenvalue weighted by Gasteiger charge is 2.14. The first kappa shape index (κ1) is 19.1. The van der Waals surface area contributed by atoms with Gasteiger partial charge in [-0.3, -0.25) is 10.1 Å². The fourth-order valence-electron chi connectivity index (χ4n) is 2.85. The van der Waals surface area contributed by atoms with Gasteiger partial charge in [-0.05, 0) is 37.0 Å². The topological polar surface area (TPSA) is 51.2 Å². The summed E-state index contributed by atoms with van der Waals surface area (Å²) in [5.74, 6) is 0.999.